The van der Waals surface area contributed by atoms with E-state index in [-0.39, 0.29) is 11.8 Å². The Kier molecular flexibility index (Phi) is 1.94. The van der Waals surface area contributed by atoms with E-state index in [2.05, 4.69) is 36.7 Å². The second-order valence-corrected chi connectivity index (χ2v) is 4.49. The predicted octanol–water partition coefficient (Wildman–Crippen LogP) is 2.15. The van der Waals surface area contributed by atoms with Crippen LogP contribution in [0.15, 0.2) is 17.5 Å². The molecular formula is C9H13NOS. The molecule has 0 aliphatic carbocycles. The third kappa shape index (κ3) is 1.53. The Balaban J connectivity index is 2.10. The van der Waals surface area contributed by atoms with Crippen LogP contribution in [0, 0.1) is 0 Å². The maximum absolute atomic E-state index is 5.79. The molecule has 0 amide bonds. The Morgan fingerprint density at radius 3 is 3.00 bits per heavy atom. The molecule has 66 valence electrons. The normalized spacial score (nSPS) is 27.7. The molecule has 0 bridgehead atoms. The van der Waals surface area contributed by atoms with Gasteiger partial charge >= 0.3 is 0 Å². The Bertz CT molecular complexity index is 256. The lowest BCUT2D eigenvalue weighted by Crippen LogP contribution is -2.33. The van der Waals surface area contributed by atoms with Crippen LogP contribution >= 0.6 is 11.3 Å². The Morgan fingerprint density at radius 1 is 1.67 bits per heavy atom. The minimum absolute atomic E-state index is 0.158. The van der Waals surface area contributed by atoms with E-state index in [4.69, 9.17) is 4.74 Å². The van der Waals surface area contributed by atoms with Gasteiger partial charge in [0.1, 0.15) is 11.8 Å². The molecule has 1 atom stereocenters. The first-order chi connectivity index (χ1) is 5.67. The van der Waals surface area contributed by atoms with Crippen LogP contribution in [0.3, 0.4) is 0 Å². The van der Waals surface area contributed by atoms with Gasteiger partial charge in [-0.15, -0.1) is 11.3 Å². The minimum atomic E-state index is -0.158. The third-order valence-corrected chi connectivity index (χ3v) is 2.97. The fourth-order valence-corrected chi connectivity index (χ4v) is 2.17. The van der Waals surface area contributed by atoms with E-state index in [1.807, 2.05) is 0 Å². The number of rotatable bonds is 1. The van der Waals surface area contributed by atoms with Gasteiger partial charge in [0.25, 0.3) is 0 Å². The van der Waals surface area contributed by atoms with Gasteiger partial charge in [-0.05, 0) is 25.3 Å². The van der Waals surface area contributed by atoms with Crippen molar-refractivity contribution in [2.24, 2.45) is 0 Å². The highest BCUT2D eigenvalue weighted by molar-refractivity contribution is 7.10. The summed E-state index contributed by atoms with van der Waals surface area (Å²) in [7, 11) is 0. The van der Waals surface area contributed by atoms with Gasteiger partial charge in [0.15, 0.2) is 0 Å². The van der Waals surface area contributed by atoms with Crippen LogP contribution in [0.1, 0.15) is 24.8 Å². The van der Waals surface area contributed by atoms with Crippen LogP contribution < -0.4 is 5.32 Å². The average Bonchev–Trinajstić information content (AvgIpc) is 2.55. The van der Waals surface area contributed by atoms with Gasteiger partial charge < -0.3 is 4.74 Å². The van der Waals surface area contributed by atoms with Gasteiger partial charge in [0.05, 0.1) is 0 Å². The topological polar surface area (TPSA) is 21.3 Å². The monoisotopic (exact) mass is 183 g/mol. The van der Waals surface area contributed by atoms with Crippen molar-refractivity contribution in [3.8, 4) is 0 Å². The highest BCUT2D eigenvalue weighted by atomic mass is 32.1. The molecule has 2 nitrogen and oxygen atoms in total. The molecule has 2 heterocycles. The summed E-state index contributed by atoms with van der Waals surface area (Å²) in [6.45, 7) is 5.04. The van der Waals surface area contributed by atoms with E-state index in [1.54, 1.807) is 11.3 Å². The predicted molar refractivity (Wildman–Crippen MR) is 50.2 cm³/mol. The molecule has 0 saturated carbocycles. The summed E-state index contributed by atoms with van der Waals surface area (Å²) in [4.78, 5) is 1.31. The molecule has 0 radical (unpaired) electrons. The first-order valence-corrected chi connectivity index (χ1v) is 5.02. The van der Waals surface area contributed by atoms with Crippen molar-refractivity contribution in [1.82, 2.24) is 5.32 Å². The quantitative estimate of drug-likeness (QED) is 0.720. The van der Waals surface area contributed by atoms with Gasteiger partial charge in [-0.1, -0.05) is 6.07 Å². The second kappa shape index (κ2) is 2.83. The van der Waals surface area contributed by atoms with Crippen molar-refractivity contribution in [1.29, 1.82) is 0 Å². The largest absolute Gasteiger partial charge is 0.351 e. The van der Waals surface area contributed by atoms with Gasteiger partial charge in [-0.2, -0.15) is 0 Å². The molecule has 12 heavy (non-hydrogen) atoms. The Labute approximate surface area is 76.6 Å². The number of nitrogens with one attached hydrogen (secondary N) is 1. The number of ether oxygens (including phenoxy) is 1. The van der Waals surface area contributed by atoms with E-state index in [0.717, 1.165) is 6.54 Å². The maximum atomic E-state index is 5.79. The van der Waals surface area contributed by atoms with Crippen LogP contribution in [0.4, 0.5) is 0 Å². The molecule has 1 aromatic rings. The summed E-state index contributed by atoms with van der Waals surface area (Å²) in [5.74, 6) is 0. The fraction of sp³-hybridized carbons (Fsp3) is 0.556. The molecule has 1 unspecified atom stereocenters. The zero-order chi connectivity index (χ0) is 8.60. The average molecular weight is 183 g/mol. The van der Waals surface area contributed by atoms with Crippen LogP contribution in [0.25, 0.3) is 0 Å². The van der Waals surface area contributed by atoms with Gasteiger partial charge in [0, 0.05) is 11.4 Å². The van der Waals surface area contributed by atoms with Crippen molar-refractivity contribution in [2.75, 3.05) is 6.54 Å². The molecule has 3 heteroatoms. The van der Waals surface area contributed by atoms with Crippen molar-refractivity contribution >= 4 is 11.3 Å². The first kappa shape index (κ1) is 8.23. The van der Waals surface area contributed by atoms with E-state index < -0.39 is 0 Å². The van der Waals surface area contributed by atoms with Crippen LogP contribution in [-0.2, 0) is 4.74 Å². The lowest BCUT2D eigenvalue weighted by Gasteiger charge is -2.17. The summed E-state index contributed by atoms with van der Waals surface area (Å²) in [5, 5.41) is 5.41. The molecule has 1 aromatic heterocycles. The summed E-state index contributed by atoms with van der Waals surface area (Å²) in [6, 6.07) is 4.19. The highest BCUT2D eigenvalue weighted by Gasteiger charge is 2.32. The Morgan fingerprint density at radius 2 is 2.50 bits per heavy atom. The second-order valence-electron chi connectivity index (χ2n) is 3.51. The SMILES string of the molecule is CC1(C)NCC(c2cccs2)O1. The molecule has 1 N–H and O–H groups in total. The van der Waals surface area contributed by atoms with E-state index >= 15 is 0 Å². The zero-order valence-corrected chi connectivity index (χ0v) is 8.15. The van der Waals surface area contributed by atoms with Gasteiger partial charge in [0.2, 0.25) is 0 Å². The molecule has 0 spiro atoms. The summed E-state index contributed by atoms with van der Waals surface area (Å²) >= 11 is 1.76. The summed E-state index contributed by atoms with van der Waals surface area (Å²) in [6.07, 6.45) is 0.250. The maximum Gasteiger partial charge on any atom is 0.114 e. The fourth-order valence-electron chi connectivity index (χ4n) is 1.41. The van der Waals surface area contributed by atoms with Crippen molar-refractivity contribution in [3.63, 3.8) is 0 Å². The summed E-state index contributed by atoms with van der Waals surface area (Å²) in [5.41, 5.74) is -0.158. The first-order valence-electron chi connectivity index (χ1n) is 4.14. The molecule has 0 aromatic carbocycles. The molecule has 1 aliphatic rings. The molecular weight excluding hydrogens is 170 g/mol. The van der Waals surface area contributed by atoms with Crippen LogP contribution in [-0.4, -0.2) is 12.3 Å². The third-order valence-electron chi connectivity index (χ3n) is 2.01. The minimum Gasteiger partial charge on any atom is -0.351 e. The van der Waals surface area contributed by atoms with Gasteiger partial charge in [-0.3, -0.25) is 5.32 Å². The number of thiophene rings is 1. The molecule has 1 aliphatic heterocycles. The number of hydrogen-bond donors (Lipinski definition) is 1. The smallest absolute Gasteiger partial charge is 0.114 e. The molecule has 1 fully saturated rings. The van der Waals surface area contributed by atoms with Crippen LogP contribution in [0.2, 0.25) is 0 Å². The molecule has 1 saturated heterocycles. The lowest BCUT2D eigenvalue weighted by molar-refractivity contribution is -0.0227. The summed E-state index contributed by atoms with van der Waals surface area (Å²) < 4.78 is 5.79. The lowest BCUT2D eigenvalue weighted by atomic mass is 10.3. The van der Waals surface area contributed by atoms with E-state index in [0.29, 0.717) is 0 Å². The molecule has 2 rings (SSSR count). The highest BCUT2D eigenvalue weighted by Crippen LogP contribution is 2.30. The van der Waals surface area contributed by atoms with E-state index in [9.17, 15) is 0 Å². The van der Waals surface area contributed by atoms with Gasteiger partial charge in [-0.25, -0.2) is 0 Å². The van der Waals surface area contributed by atoms with Crippen molar-refractivity contribution in [2.45, 2.75) is 25.7 Å². The van der Waals surface area contributed by atoms with Crippen molar-refractivity contribution in [3.05, 3.63) is 22.4 Å². The van der Waals surface area contributed by atoms with Crippen molar-refractivity contribution < 1.29 is 4.74 Å². The zero-order valence-electron chi connectivity index (χ0n) is 7.33. The van der Waals surface area contributed by atoms with E-state index in [1.165, 1.54) is 4.88 Å². The standard InChI is InChI=1S/C9H13NOS/c1-9(2)10-6-7(11-9)8-4-3-5-12-8/h3-5,7,10H,6H2,1-2H3. The van der Waals surface area contributed by atoms with Crippen LogP contribution in [0.5, 0.6) is 0 Å². The Hall–Kier alpha value is -0.380. The number of hydrogen-bond acceptors (Lipinski definition) is 3.